The fourth-order valence-electron chi connectivity index (χ4n) is 0.865. The summed E-state index contributed by atoms with van der Waals surface area (Å²) in [6, 6.07) is 0. The normalized spacial score (nSPS) is 9.58. The van der Waals surface area contributed by atoms with Crippen molar-refractivity contribution in [3.8, 4) is 0 Å². The van der Waals surface area contributed by atoms with Crippen LogP contribution in [0.25, 0.3) is 0 Å². The average molecular weight is 176 g/mol. The number of halogens is 2. The molecule has 0 aromatic carbocycles. The molecule has 12 heavy (non-hydrogen) atoms. The first-order chi connectivity index (χ1) is 5.66. The first-order valence-corrected chi connectivity index (χ1v) is 4.19. The number of Topliss-reactive ketones (excluding diaryl/α,β-unsaturated/α-hetero) is 1. The van der Waals surface area contributed by atoms with E-state index in [9.17, 15) is 13.6 Å². The zero-order valence-corrected chi connectivity index (χ0v) is 7.28. The van der Waals surface area contributed by atoms with Crippen LogP contribution in [0.4, 0.5) is 8.78 Å². The van der Waals surface area contributed by atoms with E-state index < -0.39 is 6.08 Å². The number of carbonyl (C=O) groups is 1. The van der Waals surface area contributed by atoms with Gasteiger partial charge in [-0.05, 0) is 12.5 Å². The highest BCUT2D eigenvalue weighted by Crippen LogP contribution is 2.05. The maximum absolute atomic E-state index is 11.5. The Kier molecular flexibility index (Phi) is 6.53. The van der Waals surface area contributed by atoms with Crippen molar-refractivity contribution in [2.75, 3.05) is 0 Å². The van der Waals surface area contributed by atoms with Crippen LogP contribution in [0.2, 0.25) is 0 Å². The van der Waals surface area contributed by atoms with Gasteiger partial charge in [-0.1, -0.05) is 19.8 Å². The van der Waals surface area contributed by atoms with E-state index in [1.807, 2.05) is 6.92 Å². The quantitative estimate of drug-likeness (QED) is 0.567. The Balaban J connectivity index is 3.41. The maximum Gasteiger partial charge on any atom is 0.266 e. The monoisotopic (exact) mass is 176 g/mol. The van der Waals surface area contributed by atoms with E-state index in [0.29, 0.717) is 12.5 Å². The van der Waals surface area contributed by atoms with Crippen LogP contribution in [-0.2, 0) is 4.79 Å². The van der Waals surface area contributed by atoms with Crippen molar-refractivity contribution in [3.63, 3.8) is 0 Å². The molecule has 0 rings (SSSR count). The Labute approximate surface area is 71.5 Å². The van der Waals surface area contributed by atoms with E-state index in [1.54, 1.807) is 0 Å². The van der Waals surface area contributed by atoms with Crippen LogP contribution >= 0.6 is 0 Å². The van der Waals surface area contributed by atoms with E-state index in [0.717, 1.165) is 19.3 Å². The van der Waals surface area contributed by atoms with Crippen molar-refractivity contribution in [3.05, 3.63) is 12.2 Å². The molecule has 0 bridgehead atoms. The highest BCUT2D eigenvalue weighted by Gasteiger charge is 1.99. The second-order valence-electron chi connectivity index (χ2n) is 2.69. The smallest absolute Gasteiger partial charge is 0.266 e. The van der Waals surface area contributed by atoms with Crippen LogP contribution in [0.1, 0.15) is 39.0 Å². The lowest BCUT2D eigenvalue weighted by Gasteiger charge is -1.95. The van der Waals surface area contributed by atoms with Crippen molar-refractivity contribution in [2.45, 2.75) is 39.0 Å². The lowest BCUT2D eigenvalue weighted by molar-refractivity contribution is -0.118. The van der Waals surface area contributed by atoms with Gasteiger partial charge in [0, 0.05) is 12.8 Å². The number of carbonyl (C=O) groups excluding carboxylic acids is 1. The van der Waals surface area contributed by atoms with Crippen LogP contribution in [0.3, 0.4) is 0 Å². The Morgan fingerprint density at radius 3 is 2.50 bits per heavy atom. The summed E-state index contributed by atoms with van der Waals surface area (Å²) in [6.07, 6.45) is 2.07. The molecule has 0 unspecified atom stereocenters. The molecule has 0 spiro atoms. The molecule has 0 fully saturated rings. The molecule has 3 heteroatoms. The molecule has 1 nitrogen and oxygen atoms in total. The van der Waals surface area contributed by atoms with Gasteiger partial charge < -0.3 is 0 Å². The second kappa shape index (κ2) is 6.95. The van der Waals surface area contributed by atoms with Gasteiger partial charge in [0.1, 0.15) is 5.78 Å². The molecule has 0 atom stereocenters. The fourth-order valence-corrected chi connectivity index (χ4v) is 0.865. The summed E-state index contributed by atoms with van der Waals surface area (Å²) in [6.45, 7) is 2.03. The fraction of sp³-hybridized carbons (Fsp3) is 0.667. The molecule has 0 aromatic heterocycles. The van der Waals surface area contributed by atoms with E-state index in [1.165, 1.54) is 0 Å². The van der Waals surface area contributed by atoms with Gasteiger partial charge in [0.25, 0.3) is 6.08 Å². The zero-order valence-electron chi connectivity index (χ0n) is 7.28. The molecule has 70 valence electrons. The van der Waals surface area contributed by atoms with E-state index >= 15 is 0 Å². The number of hydrogen-bond acceptors (Lipinski definition) is 1. The van der Waals surface area contributed by atoms with Crippen molar-refractivity contribution < 1.29 is 13.6 Å². The molecule has 0 heterocycles. The molecule has 0 saturated heterocycles. The number of unbranched alkanes of at least 4 members (excludes halogenated alkanes) is 2. The molecule has 0 aliphatic carbocycles. The minimum atomic E-state index is -1.76. The van der Waals surface area contributed by atoms with Crippen LogP contribution < -0.4 is 0 Å². The number of ketones is 1. The highest BCUT2D eigenvalue weighted by atomic mass is 19.3. The molecular weight excluding hydrogens is 162 g/mol. The number of hydrogen-bond donors (Lipinski definition) is 0. The van der Waals surface area contributed by atoms with Gasteiger partial charge >= 0.3 is 0 Å². The summed E-state index contributed by atoms with van der Waals surface area (Å²) in [5.41, 5.74) is 0. The first-order valence-electron chi connectivity index (χ1n) is 4.19. The summed E-state index contributed by atoms with van der Waals surface area (Å²) in [4.78, 5) is 10.8. The third-order valence-electron chi connectivity index (χ3n) is 1.54. The van der Waals surface area contributed by atoms with E-state index in [2.05, 4.69) is 0 Å². The van der Waals surface area contributed by atoms with Gasteiger partial charge in [-0.15, -0.1) is 0 Å². The Morgan fingerprint density at radius 1 is 1.33 bits per heavy atom. The number of allylic oxidation sites excluding steroid dienone is 1. The summed E-state index contributed by atoms with van der Waals surface area (Å²) < 4.78 is 23.0. The van der Waals surface area contributed by atoms with Crippen molar-refractivity contribution >= 4 is 5.78 Å². The second-order valence-corrected chi connectivity index (χ2v) is 2.69. The molecule has 0 saturated carbocycles. The average Bonchev–Trinajstić information content (AvgIpc) is 2.01. The SMILES string of the molecule is CCCCCC(=O)CC=C(F)F. The van der Waals surface area contributed by atoms with Crippen LogP contribution in [0.5, 0.6) is 0 Å². The van der Waals surface area contributed by atoms with Gasteiger partial charge in [-0.2, -0.15) is 8.78 Å². The molecule has 0 aliphatic heterocycles. The largest absolute Gasteiger partial charge is 0.299 e. The maximum atomic E-state index is 11.5. The van der Waals surface area contributed by atoms with Crippen LogP contribution in [0.15, 0.2) is 12.2 Å². The molecule has 0 N–H and O–H groups in total. The van der Waals surface area contributed by atoms with Gasteiger partial charge in [0.05, 0.1) is 0 Å². The third kappa shape index (κ3) is 7.38. The van der Waals surface area contributed by atoms with Gasteiger partial charge in [0.15, 0.2) is 0 Å². The van der Waals surface area contributed by atoms with Gasteiger partial charge in [0.2, 0.25) is 0 Å². The van der Waals surface area contributed by atoms with Crippen LogP contribution in [0, 0.1) is 0 Å². The lowest BCUT2D eigenvalue weighted by atomic mass is 10.1. The predicted octanol–water partition coefficient (Wildman–Crippen LogP) is 3.31. The summed E-state index contributed by atoms with van der Waals surface area (Å²) in [5, 5.41) is 0. The molecular formula is C9H14F2O. The molecule has 0 radical (unpaired) electrons. The van der Waals surface area contributed by atoms with Gasteiger partial charge in [-0.3, -0.25) is 4.79 Å². The minimum Gasteiger partial charge on any atom is -0.299 e. The summed E-state index contributed by atoms with van der Waals surface area (Å²) >= 11 is 0. The Hall–Kier alpha value is -0.730. The third-order valence-corrected chi connectivity index (χ3v) is 1.54. The standard InChI is InChI=1S/C9H14F2O/c1-2-3-4-5-8(12)6-7-9(10)11/h7H,2-6H2,1H3. The topological polar surface area (TPSA) is 17.1 Å². The van der Waals surface area contributed by atoms with E-state index in [4.69, 9.17) is 0 Å². The van der Waals surface area contributed by atoms with Gasteiger partial charge in [-0.25, -0.2) is 0 Å². The minimum absolute atomic E-state index is 0.101. The van der Waals surface area contributed by atoms with E-state index in [-0.39, 0.29) is 12.2 Å². The summed E-state index contributed by atoms with van der Waals surface area (Å²) in [7, 11) is 0. The van der Waals surface area contributed by atoms with Crippen molar-refractivity contribution in [1.82, 2.24) is 0 Å². The van der Waals surface area contributed by atoms with Crippen molar-refractivity contribution in [2.24, 2.45) is 0 Å². The van der Waals surface area contributed by atoms with Crippen molar-refractivity contribution in [1.29, 1.82) is 0 Å². The molecule has 0 amide bonds. The predicted molar refractivity (Wildman–Crippen MR) is 44.1 cm³/mol. The Morgan fingerprint density at radius 2 is 2.00 bits per heavy atom. The first kappa shape index (κ1) is 11.3. The lowest BCUT2D eigenvalue weighted by Crippen LogP contribution is -1.95. The zero-order chi connectivity index (χ0) is 9.40. The Bertz CT molecular complexity index is 160. The highest BCUT2D eigenvalue weighted by molar-refractivity contribution is 5.79. The number of rotatable bonds is 6. The summed E-state index contributed by atoms with van der Waals surface area (Å²) in [5.74, 6) is -0.101. The van der Waals surface area contributed by atoms with Crippen LogP contribution in [-0.4, -0.2) is 5.78 Å². The molecule has 0 aromatic rings. The molecule has 0 aliphatic rings.